The van der Waals surface area contributed by atoms with Crippen LogP contribution in [0.1, 0.15) is 0 Å². The molecule has 0 saturated heterocycles. The molecule has 0 aliphatic rings. The fourth-order valence-corrected chi connectivity index (χ4v) is 5.36. The average molecular weight is 358 g/mol. The highest BCUT2D eigenvalue weighted by atomic mass is 32.1. The van der Waals surface area contributed by atoms with E-state index in [1.54, 1.807) is 22.7 Å². The molecule has 0 aliphatic heterocycles. The Kier molecular flexibility index (Phi) is 3.37. The standard InChI is InChI=1S/C22H14OS2/c23-20-10-9-14(21-17-7-3-1-5-15(17)12-24-21)11-19(20)22-18-8-4-2-6-16(18)13-25-22/h1-13,23H. The highest BCUT2D eigenvalue weighted by Gasteiger charge is 2.14. The summed E-state index contributed by atoms with van der Waals surface area (Å²) in [6.07, 6.45) is 0. The first-order valence-electron chi connectivity index (χ1n) is 8.07. The summed E-state index contributed by atoms with van der Waals surface area (Å²) in [5.41, 5.74) is 2.05. The van der Waals surface area contributed by atoms with Crippen molar-refractivity contribution in [3.05, 3.63) is 77.5 Å². The highest BCUT2D eigenvalue weighted by molar-refractivity contribution is 7.16. The summed E-state index contributed by atoms with van der Waals surface area (Å²) in [5.74, 6) is 0.331. The van der Waals surface area contributed by atoms with E-state index < -0.39 is 0 Å². The van der Waals surface area contributed by atoms with Crippen molar-refractivity contribution in [2.75, 3.05) is 0 Å². The second-order valence-corrected chi connectivity index (χ2v) is 7.80. The van der Waals surface area contributed by atoms with Crippen molar-refractivity contribution in [3.63, 3.8) is 0 Å². The normalized spacial score (nSPS) is 11.4. The maximum Gasteiger partial charge on any atom is 0.124 e. The molecule has 1 N–H and O–H groups in total. The van der Waals surface area contributed by atoms with Gasteiger partial charge in [-0.05, 0) is 45.3 Å². The second-order valence-electron chi connectivity index (χ2n) is 6.04. The molecule has 25 heavy (non-hydrogen) atoms. The van der Waals surface area contributed by atoms with E-state index in [1.807, 2.05) is 24.3 Å². The molecule has 5 aromatic rings. The lowest BCUT2D eigenvalue weighted by atomic mass is 10.0. The minimum atomic E-state index is 0.331. The molecule has 0 fully saturated rings. The van der Waals surface area contributed by atoms with Gasteiger partial charge in [0.15, 0.2) is 0 Å². The van der Waals surface area contributed by atoms with E-state index in [4.69, 9.17) is 0 Å². The van der Waals surface area contributed by atoms with Crippen LogP contribution in [0.2, 0.25) is 0 Å². The molecule has 3 aromatic carbocycles. The van der Waals surface area contributed by atoms with Gasteiger partial charge in [-0.25, -0.2) is 0 Å². The molecule has 1 nitrogen and oxygen atoms in total. The summed E-state index contributed by atoms with van der Waals surface area (Å²) < 4.78 is 0. The molecule has 2 heterocycles. The molecule has 3 heteroatoms. The quantitative estimate of drug-likeness (QED) is 0.355. The molecule has 0 saturated carbocycles. The van der Waals surface area contributed by atoms with Gasteiger partial charge in [0, 0.05) is 26.1 Å². The van der Waals surface area contributed by atoms with Crippen LogP contribution in [-0.2, 0) is 0 Å². The van der Waals surface area contributed by atoms with Crippen molar-refractivity contribution in [2.45, 2.75) is 0 Å². The van der Waals surface area contributed by atoms with Crippen LogP contribution in [0.3, 0.4) is 0 Å². The molecule has 0 aliphatic carbocycles. The van der Waals surface area contributed by atoms with Gasteiger partial charge in [-0.2, -0.15) is 0 Å². The van der Waals surface area contributed by atoms with Crippen molar-refractivity contribution in [3.8, 4) is 26.6 Å². The SMILES string of the molecule is Oc1ccc(-c2scc3ccccc23)cc1-c1scc2ccccc12. The number of aromatic hydroxyl groups is 1. The minimum Gasteiger partial charge on any atom is -0.507 e. The van der Waals surface area contributed by atoms with E-state index in [1.165, 1.54) is 26.4 Å². The summed E-state index contributed by atoms with van der Waals surface area (Å²) in [5, 5.41) is 19.8. The smallest absolute Gasteiger partial charge is 0.124 e. The van der Waals surface area contributed by atoms with Gasteiger partial charge in [0.2, 0.25) is 0 Å². The van der Waals surface area contributed by atoms with Crippen LogP contribution in [0.4, 0.5) is 0 Å². The maximum atomic E-state index is 10.5. The van der Waals surface area contributed by atoms with Gasteiger partial charge in [0.1, 0.15) is 5.75 Å². The lowest BCUT2D eigenvalue weighted by Crippen LogP contribution is -1.80. The van der Waals surface area contributed by atoms with Crippen molar-refractivity contribution < 1.29 is 5.11 Å². The molecule has 0 bridgehead atoms. The number of thiophene rings is 2. The Morgan fingerprint density at radius 1 is 0.640 bits per heavy atom. The average Bonchev–Trinajstić information content (AvgIpc) is 3.26. The third kappa shape index (κ3) is 2.36. The number of benzene rings is 3. The number of phenols is 1. The summed E-state index contributed by atoms with van der Waals surface area (Å²) in [6.45, 7) is 0. The van der Waals surface area contributed by atoms with E-state index in [0.29, 0.717) is 5.75 Å². The first kappa shape index (κ1) is 14.7. The van der Waals surface area contributed by atoms with Crippen LogP contribution in [0.5, 0.6) is 5.75 Å². The lowest BCUT2D eigenvalue weighted by Gasteiger charge is -2.07. The third-order valence-corrected chi connectivity index (χ3v) is 6.63. The Morgan fingerprint density at radius 3 is 1.96 bits per heavy atom. The predicted octanol–water partition coefficient (Wildman–Crippen LogP) is 7.16. The van der Waals surface area contributed by atoms with Gasteiger partial charge >= 0.3 is 0 Å². The largest absolute Gasteiger partial charge is 0.507 e. The zero-order valence-electron chi connectivity index (χ0n) is 13.3. The summed E-state index contributed by atoms with van der Waals surface area (Å²) >= 11 is 3.44. The lowest BCUT2D eigenvalue weighted by molar-refractivity contribution is 0.477. The fraction of sp³-hybridized carbons (Fsp3) is 0. The van der Waals surface area contributed by atoms with E-state index in [9.17, 15) is 5.11 Å². The van der Waals surface area contributed by atoms with Crippen LogP contribution >= 0.6 is 22.7 Å². The molecule has 120 valence electrons. The van der Waals surface area contributed by atoms with E-state index >= 15 is 0 Å². The first-order valence-corrected chi connectivity index (χ1v) is 9.83. The van der Waals surface area contributed by atoms with Crippen molar-refractivity contribution in [2.24, 2.45) is 0 Å². The zero-order chi connectivity index (χ0) is 16.8. The maximum absolute atomic E-state index is 10.5. The molecule has 2 aromatic heterocycles. The number of fused-ring (bicyclic) bond motifs is 2. The Labute approximate surface area is 153 Å². The molecule has 0 unspecified atom stereocenters. The Hall–Kier alpha value is -2.62. The number of hydrogen-bond donors (Lipinski definition) is 1. The van der Waals surface area contributed by atoms with E-state index in [-0.39, 0.29) is 0 Å². The highest BCUT2D eigenvalue weighted by Crippen LogP contribution is 2.43. The van der Waals surface area contributed by atoms with Gasteiger partial charge in [0.25, 0.3) is 0 Å². The summed E-state index contributed by atoms with van der Waals surface area (Å²) in [7, 11) is 0. The molecule has 0 radical (unpaired) electrons. The van der Waals surface area contributed by atoms with Crippen LogP contribution < -0.4 is 0 Å². The Balaban J connectivity index is 1.73. The van der Waals surface area contributed by atoms with Gasteiger partial charge in [-0.3, -0.25) is 0 Å². The summed E-state index contributed by atoms with van der Waals surface area (Å²) in [4.78, 5) is 2.37. The van der Waals surface area contributed by atoms with Crippen molar-refractivity contribution in [1.82, 2.24) is 0 Å². The molecule has 0 spiro atoms. The van der Waals surface area contributed by atoms with E-state index in [2.05, 4.69) is 53.2 Å². The van der Waals surface area contributed by atoms with Gasteiger partial charge < -0.3 is 5.11 Å². The molecule has 0 amide bonds. The van der Waals surface area contributed by atoms with Crippen LogP contribution in [0, 0.1) is 0 Å². The van der Waals surface area contributed by atoms with Gasteiger partial charge in [-0.1, -0.05) is 48.5 Å². The zero-order valence-corrected chi connectivity index (χ0v) is 14.9. The molecule has 0 atom stereocenters. The second kappa shape index (κ2) is 5.73. The molecular weight excluding hydrogens is 344 g/mol. The predicted molar refractivity (Wildman–Crippen MR) is 110 cm³/mol. The minimum absolute atomic E-state index is 0.331. The van der Waals surface area contributed by atoms with Gasteiger partial charge in [0.05, 0.1) is 0 Å². The Morgan fingerprint density at radius 2 is 1.24 bits per heavy atom. The molecular formula is C22H14OS2. The number of rotatable bonds is 2. The van der Waals surface area contributed by atoms with Crippen molar-refractivity contribution in [1.29, 1.82) is 0 Å². The number of phenolic OH excluding ortho intramolecular Hbond substituents is 1. The van der Waals surface area contributed by atoms with Gasteiger partial charge in [-0.15, -0.1) is 22.7 Å². The van der Waals surface area contributed by atoms with Crippen LogP contribution in [0.25, 0.3) is 42.4 Å². The fourth-order valence-electron chi connectivity index (χ4n) is 3.28. The topological polar surface area (TPSA) is 20.2 Å². The van der Waals surface area contributed by atoms with Crippen LogP contribution in [-0.4, -0.2) is 5.11 Å². The Bertz CT molecular complexity index is 1210. The van der Waals surface area contributed by atoms with Crippen LogP contribution in [0.15, 0.2) is 77.5 Å². The number of hydrogen-bond acceptors (Lipinski definition) is 3. The third-order valence-electron chi connectivity index (χ3n) is 4.52. The van der Waals surface area contributed by atoms with E-state index in [0.717, 1.165) is 16.0 Å². The molecule has 5 rings (SSSR count). The monoisotopic (exact) mass is 358 g/mol. The summed E-state index contributed by atoms with van der Waals surface area (Å²) in [6, 6.07) is 22.7. The first-order chi connectivity index (χ1) is 12.3. The van der Waals surface area contributed by atoms with Crippen molar-refractivity contribution >= 4 is 44.2 Å².